The number of rotatable bonds is 10. The molecule has 0 fully saturated rings. The smallest absolute Gasteiger partial charge is 0.305 e. The van der Waals surface area contributed by atoms with E-state index in [-0.39, 0.29) is 12.2 Å². The SMILES string of the molecule is CCCCCCCN(CCC(=O)O)c1ccc(F)cc1. The molecule has 0 saturated carbocycles. The minimum Gasteiger partial charge on any atom is -0.481 e. The summed E-state index contributed by atoms with van der Waals surface area (Å²) in [5.41, 5.74) is 0.892. The summed E-state index contributed by atoms with van der Waals surface area (Å²) in [4.78, 5) is 12.7. The van der Waals surface area contributed by atoms with Crippen LogP contribution in [0.4, 0.5) is 10.1 Å². The number of benzene rings is 1. The van der Waals surface area contributed by atoms with E-state index < -0.39 is 5.97 Å². The van der Waals surface area contributed by atoms with E-state index >= 15 is 0 Å². The van der Waals surface area contributed by atoms with Crippen LogP contribution in [0.3, 0.4) is 0 Å². The Morgan fingerprint density at radius 2 is 1.75 bits per heavy atom. The van der Waals surface area contributed by atoms with Gasteiger partial charge in [-0.2, -0.15) is 0 Å². The van der Waals surface area contributed by atoms with Gasteiger partial charge in [0.15, 0.2) is 0 Å². The molecule has 112 valence electrons. The lowest BCUT2D eigenvalue weighted by molar-refractivity contribution is -0.136. The van der Waals surface area contributed by atoms with Crippen LogP contribution < -0.4 is 4.90 Å². The van der Waals surface area contributed by atoms with Crippen LogP contribution in [0.25, 0.3) is 0 Å². The number of carboxylic acids is 1. The van der Waals surface area contributed by atoms with Crippen molar-refractivity contribution in [3.8, 4) is 0 Å². The molecule has 0 aliphatic heterocycles. The molecule has 20 heavy (non-hydrogen) atoms. The molecule has 1 aromatic rings. The predicted octanol–water partition coefficient (Wildman–Crippen LogP) is 4.08. The average Bonchev–Trinajstić information content (AvgIpc) is 2.43. The zero-order valence-corrected chi connectivity index (χ0v) is 12.1. The third-order valence-electron chi connectivity index (χ3n) is 3.32. The second-order valence-corrected chi connectivity index (χ2v) is 5.02. The topological polar surface area (TPSA) is 40.5 Å². The van der Waals surface area contributed by atoms with Crippen LogP contribution in [-0.4, -0.2) is 24.2 Å². The molecule has 0 radical (unpaired) electrons. The van der Waals surface area contributed by atoms with Gasteiger partial charge < -0.3 is 10.0 Å². The first kappa shape index (κ1) is 16.5. The van der Waals surface area contributed by atoms with Crippen molar-refractivity contribution in [3.63, 3.8) is 0 Å². The number of aliphatic carboxylic acids is 1. The quantitative estimate of drug-likeness (QED) is 0.657. The lowest BCUT2D eigenvalue weighted by atomic mass is 10.1. The molecule has 0 atom stereocenters. The summed E-state index contributed by atoms with van der Waals surface area (Å²) in [6.07, 6.45) is 5.96. The maximum atomic E-state index is 12.9. The molecule has 0 aliphatic rings. The second kappa shape index (κ2) is 9.34. The van der Waals surface area contributed by atoms with Crippen LogP contribution >= 0.6 is 0 Å². The van der Waals surface area contributed by atoms with Gasteiger partial charge in [0.1, 0.15) is 5.82 Å². The van der Waals surface area contributed by atoms with E-state index in [0.717, 1.165) is 25.1 Å². The lowest BCUT2D eigenvalue weighted by Crippen LogP contribution is -2.27. The standard InChI is InChI=1S/C16H24FNO2/c1-2-3-4-5-6-12-18(13-11-16(19)20)15-9-7-14(17)8-10-15/h7-10H,2-6,11-13H2,1H3,(H,19,20). The van der Waals surface area contributed by atoms with Gasteiger partial charge in [-0.15, -0.1) is 0 Å². The number of unbranched alkanes of at least 4 members (excludes halogenated alkanes) is 4. The Morgan fingerprint density at radius 1 is 1.10 bits per heavy atom. The van der Waals surface area contributed by atoms with Crippen molar-refractivity contribution in [3.05, 3.63) is 30.1 Å². The van der Waals surface area contributed by atoms with Gasteiger partial charge in [-0.1, -0.05) is 32.6 Å². The first-order valence-corrected chi connectivity index (χ1v) is 7.35. The normalized spacial score (nSPS) is 10.5. The summed E-state index contributed by atoms with van der Waals surface area (Å²) in [6.45, 7) is 3.47. The number of carboxylic acid groups (broad SMARTS) is 1. The van der Waals surface area contributed by atoms with E-state index in [1.807, 2.05) is 4.90 Å². The molecule has 0 heterocycles. The number of nitrogens with zero attached hydrogens (tertiary/aromatic N) is 1. The molecule has 3 nitrogen and oxygen atoms in total. The van der Waals surface area contributed by atoms with Crippen LogP contribution in [0.15, 0.2) is 24.3 Å². The molecule has 4 heteroatoms. The van der Waals surface area contributed by atoms with Gasteiger partial charge >= 0.3 is 5.97 Å². The van der Waals surface area contributed by atoms with Crippen molar-refractivity contribution >= 4 is 11.7 Å². The maximum absolute atomic E-state index is 12.9. The van der Waals surface area contributed by atoms with Gasteiger partial charge in [0, 0.05) is 18.8 Å². The van der Waals surface area contributed by atoms with E-state index in [0.29, 0.717) is 6.54 Å². The minimum atomic E-state index is -0.803. The number of halogens is 1. The first-order valence-electron chi connectivity index (χ1n) is 7.35. The summed E-state index contributed by atoms with van der Waals surface area (Å²) in [7, 11) is 0. The molecule has 1 aromatic carbocycles. The van der Waals surface area contributed by atoms with Gasteiger partial charge in [0.25, 0.3) is 0 Å². The van der Waals surface area contributed by atoms with Gasteiger partial charge in [0.2, 0.25) is 0 Å². The highest BCUT2D eigenvalue weighted by Crippen LogP contribution is 2.16. The van der Waals surface area contributed by atoms with E-state index in [4.69, 9.17) is 5.11 Å². The Morgan fingerprint density at radius 3 is 2.35 bits per heavy atom. The Kier molecular flexibility index (Phi) is 7.70. The summed E-state index contributed by atoms with van der Waals surface area (Å²) in [6, 6.07) is 6.26. The molecular weight excluding hydrogens is 257 g/mol. The monoisotopic (exact) mass is 281 g/mol. The van der Waals surface area contributed by atoms with E-state index in [1.165, 1.54) is 31.4 Å². The molecule has 0 aromatic heterocycles. The second-order valence-electron chi connectivity index (χ2n) is 5.02. The van der Waals surface area contributed by atoms with Crippen molar-refractivity contribution in [1.82, 2.24) is 0 Å². The molecular formula is C16H24FNO2. The Balaban J connectivity index is 2.51. The van der Waals surface area contributed by atoms with E-state index in [2.05, 4.69) is 6.92 Å². The fourth-order valence-electron chi connectivity index (χ4n) is 2.16. The molecule has 0 spiro atoms. The molecule has 0 unspecified atom stereocenters. The Hall–Kier alpha value is -1.58. The van der Waals surface area contributed by atoms with Crippen LogP contribution in [0.1, 0.15) is 45.4 Å². The van der Waals surface area contributed by atoms with E-state index in [9.17, 15) is 9.18 Å². The van der Waals surface area contributed by atoms with Crippen LogP contribution in [0.2, 0.25) is 0 Å². The summed E-state index contributed by atoms with van der Waals surface area (Å²) in [5.74, 6) is -1.07. The molecule has 1 N–H and O–H groups in total. The summed E-state index contributed by atoms with van der Waals surface area (Å²) < 4.78 is 12.9. The van der Waals surface area contributed by atoms with Crippen LogP contribution in [0, 0.1) is 5.82 Å². The zero-order chi connectivity index (χ0) is 14.8. The third-order valence-corrected chi connectivity index (χ3v) is 3.32. The molecule has 0 saturated heterocycles. The van der Waals surface area contributed by atoms with Crippen molar-refractivity contribution in [2.75, 3.05) is 18.0 Å². The summed E-state index contributed by atoms with van der Waals surface area (Å²) in [5, 5.41) is 8.81. The highest BCUT2D eigenvalue weighted by Gasteiger charge is 2.08. The zero-order valence-electron chi connectivity index (χ0n) is 12.1. The fourth-order valence-corrected chi connectivity index (χ4v) is 2.16. The Bertz CT molecular complexity index is 392. The fraction of sp³-hybridized carbons (Fsp3) is 0.562. The van der Waals surface area contributed by atoms with Crippen LogP contribution in [-0.2, 0) is 4.79 Å². The highest BCUT2D eigenvalue weighted by molar-refractivity contribution is 5.67. The number of carbonyl (C=O) groups is 1. The van der Waals surface area contributed by atoms with Crippen molar-refractivity contribution in [1.29, 1.82) is 0 Å². The maximum Gasteiger partial charge on any atom is 0.305 e. The number of hydrogen-bond acceptors (Lipinski definition) is 2. The van der Waals surface area contributed by atoms with Gasteiger partial charge in [-0.3, -0.25) is 4.79 Å². The number of hydrogen-bond donors (Lipinski definition) is 1. The van der Waals surface area contributed by atoms with Gasteiger partial charge in [0.05, 0.1) is 6.42 Å². The van der Waals surface area contributed by atoms with Crippen molar-refractivity contribution in [2.45, 2.75) is 45.4 Å². The van der Waals surface area contributed by atoms with Gasteiger partial charge in [-0.25, -0.2) is 4.39 Å². The Labute approximate surface area is 120 Å². The average molecular weight is 281 g/mol. The predicted molar refractivity (Wildman–Crippen MR) is 79.6 cm³/mol. The summed E-state index contributed by atoms with van der Waals surface area (Å²) >= 11 is 0. The van der Waals surface area contributed by atoms with E-state index in [1.54, 1.807) is 12.1 Å². The molecule has 0 amide bonds. The molecule has 1 rings (SSSR count). The molecule has 0 bridgehead atoms. The lowest BCUT2D eigenvalue weighted by Gasteiger charge is -2.24. The highest BCUT2D eigenvalue weighted by atomic mass is 19.1. The largest absolute Gasteiger partial charge is 0.481 e. The van der Waals surface area contributed by atoms with Crippen LogP contribution in [0.5, 0.6) is 0 Å². The van der Waals surface area contributed by atoms with Gasteiger partial charge in [-0.05, 0) is 30.7 Å². The van der Waals surface area contributed by atoms with Crippen molar-refractivity contribution in [2.24, 2.45) is 0 Å². The minimum absolute atomic E-state index is 0.104. The third kappa shape index (κ3) is 6.55. The first-order chi connectivity index (χ1) is 9.63. The molecule has 0 aliphatic carbocycles. The van der Waals surface area contributed by atoms with Crippen molar-refractivity contribution < 1.29 is 14.3 Å². The number of anilines is 1.